The minimum atomic E-state index is -4.44. The van der Waals surface area contributed by atoms with E-state index in [1.54, 1.807) is 0 Å². The zero-order chi connectivity index (χ0) is 12.6. The Balaban J connectivity index is 2.54. The molecular weight excluding hydrogens is 248 g/mol. The van der Waals surface area contributed by atoms with E-state index in [0.717, 1.165) is 6.07 Å². The maximum Gasteiger partial charge on any atom is 0.322 e. The summed E-state index contributed by atoms with van der Waals surface area (Å²) in [6.45, 7) is 0. The number of hydrogen-bond acceptors (Lipinski definition) is 4. The predicted molar refractivity (Wildman–Crippen MR) is 55.7 cm³/mol. The Kier molecular flexibility index (Phi) is 2.60. The van der Waals surface area contributed by atoms with Crippen molar-refractivity contribution in [3.63, 3.8) is 0 Å². The number of benzene rings is 1. The Bertz CT molecular complexity index is 595. The van der Waals surface area contributed by atoms with Crippen LogP contribution in [0.2, 0.25) is 0 Å². The third-order valence-electron chi connectivity index (χ3n) is 2.28. The van der Waals surface area contributed by atoms with E-state index < -0.39 is 33.0 Å². The van der Waals surface area contributed by atoms with E-state index in [2.05, 4.69) is 5.32 Å². The number of carbonyl (C=O) groups is 2. The maximum atomic E-state index is 11.4. The molecule has 3 amide bonds. The zero-order valence-electron chi connectivity index (χ0n) is 8.38. The molecule has 90 valence electrons. The molecule has 1 fully saturated rings. The second kappa shape index (κ2) is 3.82. The maximum absolute atomic E-state index is 11.4. The summed E-state index contributed by atoms with van der Waals surface area (Å²) in [7, 11) is -4.44. The number of imide groups is 1. The lowest BCUT2D eigenvalue weighted by Gasteiger charge is -2.11. The molecule has 0 spiro atoms. The lowest BCUT2D eigenvalue weighted by atomic mass is 10.1. The van der Waals surface area contributed by atoms with Crippen molar-refractivity contribution in [2.24, 2.45) is 0 Å². The minimum absolute atomic E-state index is 0.0263. The van der Waals surface area contributed by atoms with Crippen LogP contribution in [0.3, 0.4) is 0 Å². The number of urea groups is 1. The Morgan fingerprint density at radius 2 is 1.82 bits per heavy atom. The number of nitrogens with one attached hydrogen (secondary N) is 2. The highest BCUT2D eigenvalue weighted by molar-refractivity contribution is 7.85. The van der Waals surface area contributed by atoms with Gasteiger partial charge in [0.15, 0.2) is 0 Å². The molecule has 1 aliphatic heterocycles. The SMILES string of the molecule is O=C1NC(=O)C(c2ccccc2S(=O)(=O)O)N1. The molecule has 3 N–H and O–H groups in total. The first-order valence-electron chi connectivity index (χ1n) is 4.57. The summed E-state index contributed by atoms with van der Waals surface area (Å²) in [4.78, 5) is 21.9. The summed E-state index contributed by atoms with van der Waals surface area (Å²) in [6, 6.07) is 3.59. The standard InChI is InChI=1S/C9H8N2O5S/c12-8-7(10-9(13)11-8)5-3-1-2-4-6(5)17(14,15)16/h1-4,7H,(H,14,15,16)(H2,10,11,12,13). The highest BCUT2D eigenvalue weighted by Crippen LogP contribution is 2.24. The molecule has 2 rings (SSSR count). The van der Waals surface area contributed by atoms with E-state index in [0.29, 0.717) is 0 Å². The van der Waals surface area contributed by atoms with Crippen molar-refractivity contribution in [1.82, 2.24) is 10.6 Å². The summed E-state index contributed by atoms with van der Waals surface area (Å²) in [5, 5.41) is 4.24. The third-order valence-corrected chi connectivity index (χ3v) is 3.21. The van der Waals surface area contributed by atoms with Gasteiger partial charge in [0.05, 0.1) is 4.90 Å². The Labute approximate surface area is 96.6 Å². The fourth-order valence-electron chi connectivity index (χ4n) is 1.59. The molecule has 0 bridgehead atoms. The average molecular weight is 256 g/mol. The molecule has 7 nitrogen and oxygen atoms in total. The second-order valence-corrected chi connectivity index (χ2v) is 4.80. The van der Waals surface area contributed by atoms with Gasteiger partial charge in [0, 0.05) is 5.56 Å². The van der Waals surface area contributed by atoms with Gasteiger partial charge in [-0.25, -0.2) is 4.79 Å². The van der Waals surface area contributed by atoms with Crippen LogP contribution >= 0.6 is 0 Å². The van der Waals surface area contributed by atoms with Crippen LogP contribution in [0.5, 0.6) is 0 Å². The van der Waals surface area contributed by atoms with Crippen molar-refractivity contribution in [3.05, 3.63) is 29.8 Å². The monoisotopic (exact) mass is 256 g/mol. The van der Waals surface area contributed by atoms with Gasteiger partial charge in [-0.05, 0) is 6.07 Å². The molecule has 0 saturated carbocycles. The van der Waals surface area contributed by atoms with Gasteiger partial charge in [-0.2, -0.15) is 8.42 Å². The van der Waals surface area contributed by atoms with E-state index in [1.807, 2.05) is 5.32 Å². The summed E-state index contributed by atoms with van der Waals surface area (Å²) in [5.74, 6) is -0.661. The summed E-state index contributed by atoms with van der Waals surface area (Å²) in [6.07, 6.45) is 0. The van der Waals surface area contributed by atoms with Crippen molar-refractivity contribution in [2.45, 2.75) is 10.9 Å². The lowest BCUT2D eigenvalue weighted by Crippen LogP contribution is -2.22. The van der Waals surface area contributed by atoms with Gasteiger partial charge in [0.1, 0.15) is 6.04 Å². The minimum Gasteiger partial charge on any atom is -0.322 e. The van der Waals surface area contributed by atoms with Crippen LogP contribution in [0.4, 0.5) is 4.79 Å². The Morgan fingerprint density at radius 3 is 2.35 bits per heavy atom. The highest BCUT2D eigenvalue weighted by atomic mass is 32.2. The molecule has 8 heteroatoms. The molecule has 1 unspecified atom stereocenters. The molecule has 1 aliphatic rings. The molecular formula is C9H8N2O5S. The molecule has 17 heavy (non-hydrogen) atoms. The van der Waals surface area contributed by atoms with Gasteiger partial charge in [-0.15, -0.1) is 0 Å². The van der Waals surface area contributed by atoms with Gasteiger partial charge >= 0.3 is 6.03 Å². The third kappa shape index (κ3) is 2.12. The second-order valence-electron chi connectivity index (χ2n) is 3.41. The summed E-state index contributed by atoms with van der Waals surface area (Å²) in [5.41, 5.74) is 0.0263. The van der Waals surface area contributed by atoms with Gasteiger partial charge in [0.25, 0.3) is 16.0 Å². The molecule has 0 radical (unpaired) electrons. The molecule has 0 aromatic heterocycles. The number of hydrogen-bond donors (Lipinski definition) is 3. The van der Waals surface area contributed by atoms with E-state index >= 15 is 0 Å². The van der Waals surface area contributed by atoms with Gasteiger partial charge in [-0.1, -0.05) is 18.2 Å². The van der Waals surface area contributed by atoms with Crippen LogP contribution in [0.25, 0.3) is 0 Å². The van der Waals surface area contributed by atoms with Crippen molar-refractivity contribution in [2.75, 3.05) is 0 Å². The Hall–Kier alpha value is -1.93. The first-order chi connectivity index (χ1) is 7.89. The molecule has 1 atom stereocenters. The van der Waals surface area contributed by atoms with Crippen LogP contribution in [-0.2, 0) is 14.9 Å². The first kappa shape index (κ1) is 11.6. The largest absolute Gasteiger partial charge is 0.322 e. The van der Waals surface area contributed by atoms with Crippen molar-refractivity contribution >= 4 is 22.1 Å². The summed E-state index contributed by atoms with van der Waals surface area (Å²) >= 11 is 0. The van der Waals surface area contributed by atoms with E-state index in [9.17, 15) is 18.0 Å². The van der Waals surface area contributed by atoms with Gasteiger partial charge < -0.3 is 5.32 Å². The first-order valence-corrected chi connectivity index (χ1v) is 6.01. The number of amides is 3. The lowest BCUT2D eigenvalue weighted by molar-refractivity contribution is -0.120. The smallest absolute Gasteiger partial charge is 0.322 e. The molecule has 1 heterocycles. The van der Waals surface area contributed by atoms with Crippen molar-refractivity contribution in [3.8, 4) is 0 Å². The average Bonchev–Trinajstić information content (AvgIpc) is 2.56. The van der Waals surface area contributed by atoms with E-state index in [1.165, 1.54) is 18.2 Å². The fraction of sp³-hybridized carbons (Fsp3) is 0.111. The molecule has 1 saturated heterocycles. The Morgan fingerprint density at radius 1 is 1.18 bits per heavy atom. The zero-order valence-corrected chi connectivity index (χ0v) is 9.19. The molecule has 0 aliphatic carbocycles. The van der Waals surface area contributed by atoms with E-state index in [-0.39, 0.29) is 5.56 Å². The quantitative estimate of drug-likeness (QED) is 0.501. The van der Waals surface area contributed by atoms with Crippen LogP contribution in [0.15, 0.2) is 29.2 Å². The van der Waals surface area contributed by atoms with Crippen LogP contribution in [0.1, 0.15) is 11.6 Å². The van der Waals surface area contributed by atoms with Crippen molar-refractivity contribution < 1.29 is 22.6 Å². The van der Waals surface area contributed by atoms with Gasteiger partial charge in [0.2, 0.25) is 0 Å². The number of rotatable bonds is 2. The molecule has 1 aromatic carbocycles. The topological polar surface area (TPSA) is 113 Å². The van der Waals surface area contributed by atoms with Crippen molar-refractivity contribution in [1.29, 1.82) is 0 Å². The van der Waals surface area contributed by atoms with E-state index in [4.69, 9.17) is 4.55 Å². The van der Waals surface area contributed by atoms with Crippen LogP contribution < -0.4 is 10.6 Å². The van der Waals surface area contributed by atoms with Gasteiger partial charge in [-0.3, -0.25) is 14.7 Å². The fourth-order valence-corrected chi connectivity index (χ4v) is 2.32. The normalized spacial score (nSPS) is 19.9. The van der Waals surface area contributed by atoms with Crippen LogP contribution in [0, 0.1) is 0 Å². The predicted octanol–water partition coefficient (Wildman–Crippen LogP) is -0.186. The number of carbonyl (C=O) groups excluding carboxylic acids is 2. The molecule has 1 aromatic rings. The van der Waals surface area contributed by atoms with Crippen LogP contribution in [-0.4, -0.2) is 24.9 Å². The summed E-state index contributed by atoms with van der Waals surface area (Å²) < 4.78 is 31.2. The highest BCUT2D eigenvalue weighted by Gasteiger charge is 2.34.